The number of alkyl halides is 3. The van der Waals surface area contributed by atoms with Crippen molar-refractivity contribution in [2.75, 3.05) is 5.32 Å². The van der Waals surface area contributed by atoms with Gasteiger partial charge in [0.15, 0.2) is 0 Å². The zero-order valence-corrected chi connectivity index (χ0v) is 16.3. The van der Waals surface area contributed by atoms with E-state index >= 15 is 0 Å². The number of carbonyl (C=O) groups is 1. The van der Waals surface area contributed by atoms with Crippen LogP contribution in [0.5, 0.6) is 0 Å². The van der Waals surface area contributed by atoms with Crippen molar-refractivity contribution in [2.45, 2.75) is 38.1 Å². The predicted molar refractivity (Wildman–Crippen MR) is 109 cm³/mol. The van der Waals surface area contributed by atoms with Crippen molar-refractivity contribution < 1.29 is 18.0 Å². The summed E-state index contributed by atoms with van der Waals surface area (Å²) in [4.78, 5) is 14.6. The highest BCUT2D eigenvalue weighted by molar-refractivity contribution is 5.89. The molecule has 1 aliphatic carbocycles. The van der Waals surface area contributed by atoms with Gasteiger partial charge in [-0.05, 0) is 48.7 Å². The molecule has 156 valence electrons. The number of benzene rings is 2. The van der Waals surface area contributed by atoms with E-state index in [2.05, 4.69) is 9.88 Å². The topological polar surface area (TPSA) is 37.3 Å². The molecule has 4 nitrogen and oxygen atoms in total. The van der Waals surface area contributed by atoms with Crippen molar-refractivity contribution in [1.82, 2.24) is 9.47 Å². The summed E-state index contributed by atoms with van der Waals surface area (Å²) in [5.74, 6) is 0. The number of carbonyl (C=O) groups excluding carboxylic acids is 1. The normalized spacial score (nSPS) is 13.8. The fourth-order valence-electron chi connectivity index (χ4n) is 3.42. The zero-order chi connectivity index (χ0) is 21.1. The highest BCUT2D eigenvalue weighted by Crippen LogP contribution is 2.32. The van der Waals surface area contributed by atoms with E-state index in [1.165, 1.54) is 12.1 Å². The number of nitrogens with zero attached hydrogens (tertiary/aromatic N) is 2. The summed E-state index contributed by atoms with van der Waals surface area (Å²) in [6.45, 7) is 1.09. The van der Waals surface area contributed by atoms with Gasteiger partial charge in [-0.3, -0.25) is 0 Å². The van der Waals surface area contributed by atoms with Crippen LogP contribution in [0.1, 0.15) is 29.7 Å². The molecule has 1 aromatic heterocycles. The van der Waals surface area contributed by atoms with Crippen LogP contribution in [-0.4, -0.2) is 21.5 Å². The van der Waals surface area contributed by atoms with E-state index in [0.717, 1.165) is 36.2 Å². The molecule has 3 aromatic rings. The van der Waals surface area contributed by atoms with Crippen molar-refractivity contribution in [1.29, 1.82) is 0 Å². The van der Waals surface area contributed by atoms with E-state index in [1.807, 2.05) is 48.7 Å². The predicted octanol–water partition coefficient (Wildman–Crippen LogP) is 5.75. The molecule has 1 aliphatic rings. The Morgan fingerprint density at radius 3 is 2.50 bits per heavy atom. The number of urea groups is 1. The molecule has 0 saturated heterocycles. The van der Waals surface area contributed by atoms with E-state index in [1.54, 1.807) is 4.90 Å². The molecule has 0 bridgehead atoms. The first-order valence-electron chi connectivity index (χ1n) is 9.83. The zero-order valence-electron chi connectivity index (χ0n) is 16.3. The van der Waals surface area contributed by atoms with Gasteiger partial charge in [-0.25, -0.2) is 4.79 Å². The van der Waals surface area contributed by atoms with Gasteiger partial charge >= 0.3 is 12.2 Å². The van der Waals surface area contributed by atoms with Crippen LogP contribution < -0.4 is 5.32 Å². The third-order valence-electron chi connectivity index (χ3n) is 5.14. The Bertz CT molecular complexity index is 1010. The molecule has 1 N–H and O–H groups in total. The third-order valence-corrected chi connectivity index (χ3v) is 5.14. The van der Waals surface area contributed by atoms with Crippen molar-refractivity contribution >= 4 is 11.7 Å². The molecule has 1 saturated carbocycles. The molecule has 30 heavy (non-hydrogen) atoms. The number of anilines is 1. The number of hydrogen-bond acceptors (Lipinski definition) is 1. The van der Waals surface area contributed by atoms with E-state index in [9.17, 15) is 18.0 Å². The third kappa shape index (κ3) is 4.84. The first-order valence-corrected chi connectivity index (χ1v) is 9.83. The van der Waals surface area contributed by atoms with Crippen LogP contribution in [0, 0.1) is 0 Å². The van der Waals surface area contributed by atoms with Crippen LogP contribution in [0.4, 0.5) is 23.7 Å². The standard InChI is InChI=1S/C23H22F3N3O/c24-23(25,26)18-8-4-9-19(14-18)27-22(30)29(20-11-12-20)16-21-10-5-13-28(21)15-17-6-2-1-3-7-17/h1-10,13-14,20H,11-12,15-16H2,(H,27,30). The number of aromatic nitrogens is 1. The molecular weight excluding hydrogens is 391 g/mol. The molecule has 0 aliphatic heterocycles. The molecular formula is C23H22F3N3O. The number of nitrogens with one attached hydrogen (secondary N) is 1. The van der Waals surface area contributed by atoms with Crippen LogP contribution in [0.2, 0.25) is 0 Å². The SMILES string of the molecule is O=C(Nc1cccc(C(F)(F)F)c1)N(Cc1cccn1Cc1ccccc1)C1CC1. The van der Waals surface area contributed by atoms with Crippen molar-refractivity contribution in [3.8, 4) is 0 Å². The average Bonchev–Trinajstić information content (AvgIpc) is 3.47. The fourth-order valence-corrected chi connectivity index (χ4v) is 3.42. The lowest BCUT2D eigenvalue weighted by atomic mass is 10.2. The first-order chi connectivity index (χ1) is 14.4. The summed E-state index contributed by atoms with van der Waals surface area (Å²) in [6.07, 6.45) is -0.682. The maximum absolute atomic E-state index is 13.0. The largest absolute Gasteiger partial charge is 0.416 e. The molecule has 1 fully saturated rings. The number of amides is 2. The van der Waals surface area contributed by atoms with Gasteiger partial charge in [0.1, 0.15) is 0 Å². The minimum atomic E-state index is -4.45. The minimum Gasteiger partial charge on any atom is -0.345 e. The first kappa shape index (κ1) is 20.1. The summed E-state index contributed by atoms with van der Waals surface area (Å²) < 4.78 is 40.9. The maximum Gasteiger partial charge on any atom is 0.416 e. The Labute approximate surface area is 172 Å². The summed E-state index contributed by atoms with van der Waals surface area (Å²) in [7, 11) is 0. The maximum atomic E-state index is 13.0. The van der Waals surface area contributed by atoms with Gasteiger partial charge < -0.3 is 14.8 Å². The minimum absolute atomic E-state index is 0.107. The molecule has 1 heterocycles. The van der Waals surface area contributed by atoms with E-state index in [-0.39, 0.29) is 17.8 Å². The molecule has 0 unspecified atom stereocenters. The van der Waals surface area contributed by atoms with Crippen LogP contribution in [0.3, 0.4) is 0 Å². The molecule has 0 radical (unpaired) electrons. The van der Waals surface area contributed by atoms with Gasteiger partial charge in [0, 0.05) is 30.2 Å². The van der Waals surface area contributed by atoms with Crippen LogP contribution in [-0.2, 0) is 19.3 Å². The van der Waals surface area contributed by atoms with Crippen LogP contribution in [0.15, 0.2) is 72.9 Å². The lowest BCUT2D eigenvalue weighted by Crippen LogP contribution is -2.37. The second-order valence-electron chi connectivity index (χ2n) is 7.48. The molecule has 2 amide bonds. The van der Waals surface area contributed by atoms with Gasteiger partial charge in [-0.1, -0.05) is 36.4 Å². The number of halogens is 3. The van der Waals surface area contributed by atoms with E-state index in [0.29, 0.717) is 13.1 Å². The quantitative estimate of drug-likeness (QED) is 0.549. The number of hydrogen-bond donors (Lipinski definition) is 1. The van der Waals surface area contributed by atoms with Gasteiger partial charge in [-0.15, -0.1) is 0 Å². The lowest BCUT2D eigenvalue weighted by molar-refractivity contribution is -0.137. The van der Waals surface area contributed by atoms with Crippen molar-refractivity contribution in [3.63, 3.8) is 0 Å². The van der Waals surface area contributed by atoms with Gasteiger partial charge in [0.05, 0.1) is 12.1 Å². The second-order valence-corrected chi connectivity index (χ2v) is 7.48. The number of rotatable bonds is 6. The summed E-state index contributed by atoms with van der Waals surface area (Å²) >= 11 is 0. The molecule has 2 aromatic carbocycles. The molecule has 7 heteroatoms. The monoisotopic (exact) mass is 413 g/mol. The fraction of sp³-hybridized carbons (Fsp3) is 0.261. The second kappa shape index (κ2) is 8.26. The lowest BCUT2D eigenvalue weighted by Gasteiger charge is -2.24. The molecule has 0 atom stereocenters. The van der Waals surface area contributed by atoms with E-state index in [4.69, 9.17) is 0 Å². The molecule has 4 rings (SSSR count). The highest BCUT2D eigenvalue weighted by atomic mass is 19.4. The smallest absolute Gasteiger partial charge is 0.345 e. The Kier molecular flexibility index (Phi) is 5.53. The van der Waals surface area contributed by atoms with Crippen molar-refractivity contribution in [2.24, 2.45) is 0 Å². The average molecular weight is 413 g/mol. The van der Waals surface area contributed by atoms with E-state index < -0.39 is 11.7 Å². The van der Waals surface area contributed by atoms with Crippen LogP contribution >= 0.6 is 0 Å². The summed E-state index contributed by atoms with van der Waals surface area (Å²) in [5.41, 5.74) is 1.49. The highest BCUT2D eigenvalue weighted by Gasteiger charge is 2.34. The Morgan fingerprint density at radius 1 is 1.03 bits per heavy atom. The Balaban J connectivity index is 1.48. The van der Waals surface area contributed by atoms with Gasteiger partial charge in [0.2, 0.25) is 0 Å². The molecule has 0 spiro atoms. The summed E-state index contributed by atoms with van der Waals surface area (Å²) in [6, 6.07) is 18.4. The van der Waals surface area contributed by atoms with Crippen LogP contribution in [0.25, 0.3) is 0 Å². The Hall–Kier alpha value is -3.22. The van der Waals surface area contributed by atoms with Gasteiger partial charge in [-0.2, -0.15) is 13.2 Å². The summed E-state index contributed by atoms with van der Waals surface area (Å²) in [5, 5.41) is 2.64. The van der Waals surface area contributed by atoms with Gasteiger partial charge in [0.25, 0.3) is 0 Å². The Morgan fingerprint density at radius 2 is 1.80 bits per heavy atom. The van der Waals surface area contributed by atoms with Crippen molar-refractivity contribution in [3.05, 3.63) is 89.7 Å².